The van der Waals surface area contributed by atoms with E-state index in [4.69, 9.17) is 20.7 Å². The molecule has 0 radical (unpaired) electrons. The number of aromatic nitrogens is 4. The molecule has 0 bridgehead atoms. The van der Waals surface area contributed by atoms with E-state index in [9.17, 15) is 4.79 Å². The fraction of sp³-hybridized carbons (Fsp3) is 0.0400. The van der Waals surface area contributed by atoms with Crippen molar-refractivity contribution in [3.05, 3.63) is 78.2 Å². The molecule has 3 aromatic heterocycles. The number of hydrogen-bond acceptors (Lipinski definition) is 8. The number of carbonyl (C=O) groups is 1. The summed E-state index contributed by atoms with van der Waals surface area (Å²) in [6, 6.07) is 18.4. The van der Waals surface area contributed by atoms with Crippen molar-refractivity contribution in [2.24, 2.45) is 5.73 Å². The van der Waals surface area contributed by atoms with Crippen molar-refractivity contribution in [1.82, 2.24) is 19.9 Å². The van der Waals surface area contributed by atoms with Gasteiger partial charge in [-0.05, 0) is 24.3 Å². The fourth-order valence-corrected chi connectivity index (χ4v) is 4.57. The molecule has 5 aromatic rings. The summed E-state index contributed by atoms with van der Waals surface area (Å²) in [5.41, 5.74) is 10.3. The molecule has 34 heavy (non-hydrogen) atoms. The highest BCUT2D eigenvalue weighted by Crippen LogP contribution is 2.40. The molecular formula is C25H16N6O2S. The van der Waals surface area contributed by atoms with Gasteiger partial charge in [-0.25, -0.2) is 15.0 Å². The first-order valence-electron chi connectivity index (χ1n) is 10.2. The van der Waals surface area contributed by atoms with Crippen molar-refractivity contribution in [3.8, 4) is 44.8 Å². The minimum Gasteiger partial charge on any atom is -0.496 e. The first-order valence-corrected chi connectivity index (χ1v) is 11.0. The van der Waals surface area contributed by atoms with E-state index in [1.54, 1.807) is 31.5 Å². The van der Waals surface area contributed by atoms with Crippen LogP contribution in [0.3, 0.4) is 0 Å². The minimum absolute atomic E-state index is 0.125. The Bertz CT molecular complexity index is 1590. The lowest BCUT2D eigenvalue weighted by atomic mass is 9.97. The summed E-state index contributed by atoms with van der Waals surface area (Å²) in [6.45, 7) is 0. The number of para-hydroxylation sites is 1. The van der Waals surface area contributed by atoms with E-state index in [0.717, 1.165) is 5.56 Å². The van der Waals surface area contributed by atoms with Gasteiger partial charge in [0.15, 0.2) is 10.5 Å². The van der Waals surface area contributed by atoms with E-state index in [0.29, 0.717) is 49.2 Å². The van der Waals surface area contributed by atoms with Crippen molar-refractivity contribution in [2.45, 2.75) is 0 Å². The van der Waals surface area contributed by atoms with E-state index in [-0.39, 0.29) is 5.69 Å². The number of benzene rings is 2. The van der Waals surface area contributed by atoms with Gasteiger partial charge >= 0.3 is 0 Å². The Morgan fingerprint density at radius 3 is 2.56 bits per heavy atom. The zero-order valence-electron chi connectivity index (χ0n) is 17.9. The van der Waals surface area contributed by atoms with Crippen LogP contribution in [0.15, 0.2) is 67.0 Å². The molecule has 0 aliphatic heterocycles. The van der Waals surface area contributed by atoms with E-state index in [2.05, 4.69) is 21.0 Å². The number of amides is 1. The van der Waals surface area contributed by atoms with Crippen LogP contribution in [0.1, 0.15) is 16.1 Å². The smallest absolute Gasteiger partial charge is 0.267 e. The van der Waals surface area contributed by atoms with E-state index in [1.165, 1.54) is 17.5 Å². The number of thiazole rings is 1. The topological polar surface area (TPSA) is 128 Å². The van der Waals surface area contributed by atoms with Crippen LogP contribution in [0.4, 0.5) is 0 Å². The number of nitriles is 1. The molecule has 0 aliphatic carbocycles. The Morgan fingerprint density at radius 2 is 1.82 bits per heavy atom. The predicted octanol–water partition coefficient (Wildman–Crippen LogP) is 4.46. The molecule has 0 saturated heterocycles. The number of nitrogens with two attached hydrogens (primary N) is 1. The van der Waals surface area contributed by atoms with Crippen molar-refractivity contribution >= 4 is 27.7 Å². The Morgan fingerprint density at radius 1 is 1.03 bits per heavy atom. The third-order valence-corrected chi connectivity index (χ3v) is 6.20. The second kappa shape index (κ2) is 8.69. The van der Waals surface area contributed by atoms with Crippen LogP contribution in [0, 0.1) is 11.3 Å². The molecule has 0 aliphatic rings. The van der Waals surface area contributed by atoms with E-state index in [1.807, 2.05) is 36.4 Å². The van der Waals surface area contributed by atoms with Gasteiger partial charge in [0.05, 0.1) is 30.6 Å². The van der Waals surface area contributed by atoms with Crippen LogP contribution < -0.4 is 10.5 Å². The molecule has 0 unspecified atom stereocenters. The number of primary amides is 1. The number of rotatable bonds is 5. The number of ether oxygens (including phenoxy) is 1. The molecule has 1 amide bonds. The van der Waals surface area contributed by atoms with Gasteiger partial charge < -0.3 is 10.5 Å². The average molecular weight is 465 g/mol. The minimum atomic E-state index is -0.650. The summed E-state index contributed by atoms with van der Waals surface area (Å²) >= 11 is 1.35. The highest BCUT2D eigenvalue weighted by Gasteiger charge is 2.22. The number of nitrogens with zero attached hydrogens (tertiary/aromatic N) is 5. The van der Waals surface area contributed by atoms with Crippen molar-refractivity contribution in [1.29, 1.82) is 5.26 Å². The average Bonchev–Trinajstić information content (AvgIpc) is 3.31. The molecule has 0 saturated carbocycles. The molecule has 0 spiro atoms. The third-order valence-electron chi connectivity index (χ3n) is 5.22. The van der Waals surface area contributed by atoms with Crippen molar-refractivity contribution < 1.29 is 9.53 Å². The highest BCUT2D eigenvalue weighted by atomic mass is 32.1. The van der Waals surface area contributed by atoms with Gasteiger partial charge in [-0.3, -0.25) is 9.78 Å². The van der Waals surface area contributed by atoms with Crippen molar-refractivity contribution in [3.63, 3.8) is 0 Å². The maximum Gasteiger partial charge on any atom is 0.267 e. The lowest BCUT2D eigenvalue weighted by molar-refractivity contribution is 0.0996. The number of carbonyl (C=O) groups excluding carboxylic acids is 1. The first-order chi connectivity index (χ1) is 16.6. The summed E-state index contributed by atoms with van der Waals surface area (Å²) in [7, 11) is 1.56. The van der Waals surface area contributed by atoms with Gasteiger partial charge in [0.2, 0.25) is 0 Å². The maximum absolute atomic E-state index is 12.3. The van der Waals surface area contributed by atoms with Gasteiger partial charge in [0, 0.05) is 28.5 Å². The van der Waals surface area contributed by atoms with Gasteiger partial charge in [0.1, 0.15) is 16.5 Å². The van der Waals surface area contributed by atoms with Crippen molar-refractivity contribution in [2.75, 3.05) is 7.11 Å². The van der Waals surface area contributed by atoms with Crippen LogP contribution in [0.25, 0.3) is 43.4 Å². The number of methoxy groups -OCH3 is 1. The van der Waals surface area contributed by atoms with Crippen LogP contribution in [0.2, 0.25) is 0 Å². The predicted molar refractivity (Wildman–Crippen MR) is 129 cm³/mol. The number of pyridine rings is 1. The molecule has 2 aromatic carbocycles. The molecule has 8 nitrogen and oxygen atoms in total. The summed E-state index contributed by atoms with van der Waals surface area (Å²) in [4.78, 5) is 31.0. The second-order valence-corrected chi connectivity index (χ2v) is 8.22. The Hall–Kier alpha value is -4.68. The molecule has 9 heteroatoms. The fourth-order valence-electron chi connectivity index (χ4n) is 3.64. The van der Waals surface area contributed by atoms with Gasteiger partial charge in [-0.15, -0.1) is 0 Å². The molecule has 0 atom stereocenters. The zero-order chi connectivity index (χ0) is 23.7. The zero-order valence-corrected chi connectivity index (χ0v) is 18.7. The van der Waals surface area contributed by atoms with Crippen LogP contribution in [-0.4, -0.2) is 33.0 Å². The molecule has 5 rings (SSSR count). The second-order valence-electron chi connectivity index (χ2n) is 7.24. The Labute approximate surface area is 198 Å². The Kier molecular flexibility index (Phi) is 5.41. The maximum atomic E-state index is 12.3. The summed E-state index contributed by atoms with van der Waals surface area (Å²) in [5, 5.41) is 9.64. The molecule has 2 N–H and O–H groups in total. The van der Waals surface area contributed by atoms with Crippen LogP contribution in [-0.2, 0) is 0 Å². The first kappa shape index (κ1) is 21.2. The number of hydrogen-bond donors (Lipinski definition) is 1. The standard InChI is InChI=1S/C25H16N6O2S/c1-33-19-5-3-2-4-16(19)20-17(10-11-28-21(20)22(27)32)24-31-23-25(34-24)30-18(13-29-23)15-8-6-14(12-26)7-9-15/h2-11,13H,1H3,(H2,27,32). The molecule has 3 heterocycles. The van der Waals surface area contributed by atoms with E-state index >= 15 is 0 Å². The third kappa shape index (κ3) is 3.72. The quantitative estimate of drug-likeness (QED) is 0.407. The molecule has 0 fully saturated rings. The normalized spacial score (nSPS) is 10.7. The van der Waals surface area contributed by atoms with E-state index < -0.39 is 5.91 Å². The summed E-state index contributed by atoms with van der Waals surface area (Å²) in [5.74, 6) is -0.0667. The van der Waals surface area contributed by atoms with Gasteiger partial charge in [-0.1, -0.05) is 41.7 Å². The van der Waals surface area contributed by atoms with Gasteiger partial charge in [0.25, 0.3) is 5.91 Å². The Balaban J connectivity index is 1.67. The van der Waals surface area contributed by atoms with Gasteiger partial charge in [-0.2, -0.15) is 5.26 Å². The van der Waals surface area contributed by atoms with Crippen LogP contribution in [0.5, 0.6) is 5.75 Å². The number of fused-ring (bicyclic) bond motifs is 1. The SMILES string of the molecule is COc1ccccc1-c1c(-c2nc3ncc(-c4ccc(C#N)cc4)nc3s2)ccnc1C(N)=O. The summed E-state index contributed by atoms with van der Waals surface area (Å²) < 4.78 is 5.52. The van der Waals surface area contributed by atoms with Crippen LogP contribution >= 0.6 is 11.3 Å². The largest absolute Gasteiger partial charge is 0.496 e. The molecule has 164 valence electrons. The lowest BCUT2D eigenvalue weighted by Crippen LogP contribution is -2.15. The highest BCUT2D eigenvalue weighted by molar-refractivity contribution is 7.21. The monoisotopic (exact) mass is 464 g/mol. The summed E-state index contributed by atoms with van der Waals surface area (Å²) in [6.07, 6.45) is 3.18. The molecular weight excluding hydrogens is 448 g/mol. The lowest BCUT2D eigenvalue weighted by Gasteiger charge is -2.14.